The second-order valence-electron chi connectivity index (χ2n) is 35.4. The molecule has 6 amide bonds. The van der Waals surface area contributed by atoms with Gasteiger partial charge in [-0.1, -0.05) is 76.3 Å². The number of sulfonamides is 2. The highest BCUT2D eigenvalue weighted by Gasteiger charge is 2.65. The monoisotopic (exact) mass is 1540 g/mol. The lowest BCUT2D eigenvalue weighted by molar-refractivity contribution is -0.160. The zero-order chi connectivity index (χ0) is 78.8. The molecule has 0 radical (unpaired) electrons. The molecule has 12 rings (SSSR count). The van der Waals surface area contributed by atoms with Crippen LogP contribution in [0.15, 0.2) is 60.7 Å². The molecule has 592 valence electrons. The summed E-state index contributed by atoms with van der Waals surface area (Å²) in [7, 11) is -7.97. The number of benzene rings is 2. The van der Waals surface area contributed by atoms with Crippen molar-refractivity contribution in [2.24, 2.45) is 58.2 Å². The Kier molecular flexibility index (Phi) is 23.3. The third-order valence-corrected chi connectivity index (χ3v) is 28.4. The first-order chi connectivity index (χ1) is 50.4. The quantitative estimate of drug-likeness (QED) is 0.113. The number of esters is 2. The van der Waals surface area contributed by atoms with E-state index in [1.54, 1.807) is 79.7 Å². The zero-order valence-corrected chi connectivity index (χ0v) is 66.0. The molecule has 4 saturated carbocycles. The second kappa shape index (κ2) is 30.9. The van der Waals surface area contributed by atoms with Crippen molar-refractivity contribution in [1.29, 1.82) is 0 Å². The smallest absolute Gasteiger partial charge is 0.410 e. The molecule has 28 heteroatoms. The molecule has 2 N–H and O–H groups in total. The number of ketones is 2. The van der Waals surface area contributed by atoms with E-state index in [1.165, 1.54) is 31.7 Å². The lowest BCUT2D eigenvalue weighted by Gasteiger charge is -2.32. The largest absolute Gasteiger partial charge is 0.460 e. The van der Waals surface area contributed by atoms with Crippen LogP contribution in [0.1, 0.15) is 221 Å². The Morgan fingerprint density at radius 3 is 1.23 bits per heavy atom. The standard InChI is InChI=1S/2C40H54FN3O9S/c2*1-24-10-7-8-12-27-19-40(27,36(48)42-54(50,51)39(6)14-15-39)20-33(45)32-17-28(52-37(49)43-21-26-11-9-13-31(41)30(26)23-43)22-44(32)35(47)29(25(2)16-24)18-34(46)53-38(3,4)5/h2*8-9,11-13,24-25,27-29,32H,7,10,14-23H2,1-6H3,(H,42,48)/b2*12-8-/t24-,25+,27+,28+,29-,32-,40+;24-,25-,27-,28-,29+,32+,40-/m01/s1. The van der Waals surface area contributed by atoms with E-state index >= 15 is 0 Å². The van der Waals surface area contributed by atoms with E-state index in [9.17, 15) is 73.6 Å². The van der Waals surface area contributed by atoms with Crippen molar-refractivity contribution >= 4 is 79.4 Å². The summed E-state index contributed by atoms with van der Waals surface area (Å²) in [5, 5.41) is 0. The molecule has 2 aromatic carbocycles. The minimum atomic E-state index is -3.98. The molecule has 6 aliphatic heterocycles. The van der Waals surface area contributed by atoms with Crippen LogP contribution in [0, 0.1) is 69.8 Å². The van der Waals surface area contributed by atoms with Crippen LogP contribution in [-0.2, 0) is 104 Å². The van der Waals surface area contributed by atoms with Gasteiger partial charge in [0.25, 0.3) is 0 Å². The van der Waals surface area contributed by atoms with E-state index in [1.807, 2.05) is 38.2 Å². The Morgan fingerprint density at radius 1 is 0.537 bits per heavy atom. The van der Waals surface area contributed by atoms with Gasteiger partial charge in [-0.3, -0.25) is 57.6 Å². The van der Waals surface area contributed by atoms with Crippen LogP contribution in [0.25, 0.3) is 0 Å². The van der Waals surface area contributed by atoms with E-state index in [0.717, 1.165) is 12.8 Å². The molecule has 6 heterocycles. The number of allylic oxidation sites excluding steroid dienone is 4. The molecule has 14 atom stereocenters. The number of Topliss-reactive ketones (excluding diaryl/α,β-unsaturated/α-hetero) is 2. The van der Waals surface area contributed by atoms with Gasteiger partial charge in [0.1, 0.15) is 35.0 Å². The van der Waals surface area contributed by atoms with Crippen LogP contribution < -0.4 is 9.44 Å². The number of fused-ring (bicyclic) bond motifs is 6. The first kappa shape index (κ1) is 81.4. The number of nitrogens with one attached hydrogen (secondary N) is 2. The lowest BCUT2D eigenvalue weighted by atomic mass is 9.82. The number of rotatable bonds is 12. The fraction of sp³-hybridized carbons (Fsp3) is 0.675. The first-order valence-electron chi connectivity index (χ1n) is 38.4. The van der Waals surface area contributed by atoms with Crippen molar-refractivity contribution in [1.82, 2.24) is 29.0 Å². The van der Waals surface area contributed by atoms with Gasteiger partial charge < -0.3 is 28.7 Å². The van der Waals surface area contributed by atoms with Gasteiger partial charge in [0.05, 0.1) is 83.3 Å². The van der Waals surface area contributed by atoms with Gasteiger partial charge in [-0.2, -0.15) is 0 Å². The van der Waals surface area contributed by atoms with Crippen LogP contribution >= 0.6 is 0 Å². The zero-order valence-electron chi connectivity index (χ0n) is 64.4. The summed E-state index contributed by atoms with van der Waals surface area (Å²) < 4.78 is 107. The third kappa shape index (κ3) is 18.2. The third-order valence-electron chi connectivity index (χ3n) is 24.1. The van der Waals surface area contributed by atoms with Gasteiger partial charge in [-0.25, -0.2) is 35.2 Å². The topological polar surface area (TPSA) is 313 Å². The summed E-state index contributed by atoms with van der Waals surface area (Å²) >= 11 is 0. The highest BCUT2D eigenvalue weighted by atomic mass is 32.2. The number of ether oxygens (including phenoxy) is 4. The number of carbonyl (C=O) groups excluding carboxylic acids is 10. The highest BCUT2D eigenvalue weighted by Crippen LogP contribution is 2.59. The van der Waals surface area contributed by atoms with Crippen molar-refractivity contribution in [2.45, 2.75) is 270 Å². The fourth-order valence-electron chi connectivity index (χ4n) is 16.8. The highest BCUT2D eigenvalue weighted by molar-refractivity contribution is 7.92. The van der Waals surface area contributed by atoms with Gasteiger partial charge >= 0.3 is 24.1 Å². The van der Waals surface area contributed by atoms with E-state index in [-0.39, 0.29) is 126 Å². The Labute approximate surface area is 633 Å². The number of nitrogens with zero attached hydrogens (tertiary/aromatic N) is 4. The van der Waals surface area contributed by atoms with Crippen LogP contribution in [0.3, 0.4) is 0 Å². The number of carbonyl (C=O) groups is 10. The van der Waals surface area contributed by atoms with Crippen molar-refractivity contribution in [3.63, 3.8) is 0 Å². The molecule has 0 spiro atoms. The van der Waals surface area contributed by atoms with Gasteiger partial charge in [0, 0.05) is 49.9 Å². The van der Waals surface area contributed by atoms with Crippen LogP contribution in [0.5, 0.6) is 0 Å². The molecule has 108 heavy (non-hydrogen) atoms. The minimum absolute atomic E-state index is 0.0146. The molecule has 0 aromatic heterocycles. The van der Waals surface area contributed by atoms with E-state index in [4.69, 9.17) is 18.9 Å². The summed E-state index contributed by atoms with van der Waals surface area (Å²) in [5.74, 6) is -7.86. The first-order valence-corrected chi connectivity index (χ1v) is 41.4. The molecule has 0 bridgehead atoms. The maximum absolute atomic E-state index is 14.7. The molecule has 10 aliphatic rings. The minimum Gasteiger partial charge on any atom is -0.460 e. The molecular formula is C80H108F2N6O18S2. The normalized spacial score (nSPS) is 31.6. The van der Waals surface area contributed by atoms with E-state index in [2.05, 4.69) is 23.3 Å². The lowest BCUT2D eigenvalue weighted by Crippen LogP contribution is -2.48. The summed E-state index contributed by atoms with van der Waals surface area (Å²) in [6.07, 6.45) is 9.79. The van der Waals surface area contributed by atoms with E-state index < -0.39 is 159 Å². The Bertz CT molecular complexity index is 3940. The summed E-state index contributed by atoms with van der Waals surface area (Å²) in [5.41, 5.74) is -2.08. The number of hydrogen-bond acceptors (Lipinski definition) is 18. The maximum atomic E-state index is 14.7. The number of halogens is 2. The summed E-state index contributed by atoms with van der Waals surface area (Å²) in [6, 6.07) is 7.09. The molecular weight excluding hydrogens is 1440 g/mol. The molecule has 0 unspecified atom stereocenters. The number of amides is 6. The summed E-state index contributed by atoms with van der Waals surface area (Å²) in [4.78, 5) is 145. The average molecular weight is 1540 g/mol. The van der Waals surface area contributed by atoms with Gasteiger partial charge in [0.15, 0.2) is 11.6 Å². The Balaban J connectivity index is 0.000000215. The van der Waals surface area contributed by atoms with Crippen molar-refractivity contribution in [3.05, 3.63) is 94.6 Å². The van der Waals surface area contributed by atoms with Crippen LogP contribution in [0.2, 0.25) is 0 Å². The van der Waals surface area contributed by atoms with Gasteiger partial charge in [0.2, 0.25) is 43.7 Å². The molecule has 2 aromatic rings. The molecule has 2 saturated heterocycles. The van der Waals surface area contributed by atoms with Crippen molar-refractivity contribution < 1.29 is 92.5 Å². The van der Waals surface area contributed by atoms with E-state index in [0.29, 0.717) is 73.6 Å². The van der Waals surface area contributed by atoms with Crippen LogP contribution in [-0.4, -0.2) is 154 Å². The Morgan fingerprint density at radius 2 is 0.898 bits per heavy atom. The fourth-order valence-corrected chi connectivity index (χ4v) is 19.4. The predicted octanol–water partition coefficient (Wildman–Crippen LogP) is 11.1. The van der Waals surface area contributed by atoms with Gasteiger partial charge in [-0.15, -0.1) is 0 Å². The maximum Gasteiger partial charge on any atom is 0.410 e. The SMILES string of the molecule is C[C@@H]1CC/C=C\[C@@H]2C[C@@]2(C(=O)NS(=O)(=O)C2(C)CC2)CC(=O)[C@@H]2C[C@@H](OC(=O)N3Cc4cccc(F)c4C3)CN2C(=O)[C@@H](CC(=O)OC(C)(C)C)[C@H](C)C1.C[C@H]1CC/C=C\[C@@H]2C[C@@]2(C(=O)NS(=O)(=O)C2(C)CC2)CC(=O)[C@@H]2C[C@@H](OC(=O)N3Cc4cccc(F)c4C3)CN2C(=O)[C@@H](CC(=O)OC(C)(C)C)[C@H](C)C1. The molecule has 6 fully saturated rings. The van der Waals surface area contributed by atoms with Gasteiger partial charge in [-0.05, 0) is 191 Å². The van der Waals surface area contributed by atoms with Crippen molar-refractivity contribution in [2.75, 3.05) is 13.1 Å². The molecule has 4 aliphatic carbocycles. The van der Waals surface area contributed by atoms with Crippen LogP contribution in [0.4, 0.5) is 18.4 Å². The second-order valence-corrected chi connectivity index (χ2v) is 39.8. The predicted molar refractivity (Wildman–Crippen MR) is 392 cm³/mol. The Hall–Kier alpha value is -7.62. The molecule has 24 nitrogen and oxygen atoms in total. The van der Waals surface area contributed by atoms with Crippen molar-refractivity contribution in [3.8, 4) is 0 Å². The summed E-state index contributed by atoms with van der Waals surface area (Å²) in [6.45, 7) is 21.7. The average Bonchev–Trinajstić information content (AvgIpc) is 1.57. The number of hydrogen-bond donors (Lipinski definition) is 2.